The minimum Gasteiger partial charge on any atom is -0.330 e. The lowest BCUT2D eigenvalue weighted by molar-refractivity contribution is -0.137. The molecule has 0 saturated heterocycles. The molecular weight excluding hydrogens is 269 g/mol. The third kappa shape index (κ3) is 3.61. The second-order valence-corrected chi connectivity index (χ2v) is 4.23. The van der Waals surface area contributed by atoms with Gasteiger partial charge < -0.3 is 11.1 Å². The maximum Gasteiger partial charge on any atom is 0.416 e. The number of carbonyl (C=O) groups is 1. The number of carbonyl (C=O) groups excluding carboxylic acids is 1. The van der Waals surface area contributed by atoms with E-state index in [0.717, 1.165) is 18.2 Å². The maximum atomic E-state index is 12.4. The van der Waals surface area contributed by atoms with Crippen LogP contribution in [0.15, 0.2) is 18.2 Å². The van der Waals surface area contributed by atoms with Crippen molar-refractivity contribution in [3.63, 3.8) is 0 Å². The fourth-order valence-corrected chi connectivity index (χ4v) is 1.38. The van der Waals surface area contributed by atoms with Crippen LogP contribution < -0.4 is 11.1 Å². The Morgan fingerprint density at radius 2 is 2.11 bits per heavy atom. The Kier molecular flexibility index (Phi) is 4.59. The van der Waals surface area contributed by atoms with Crippen molar-refractivity contribution >= 4 is 23.2 Å². The molecule has 1 aromatic carbocycles. The van der Waals surface area contributed by atoms with Gasteiger partial charge in [0.1, 0.15) is 0 Å². The Morgan fingerprint density at radius 1 is 1.50 bits per heavy atom. The van der Waals surface area contributed by atoms with Gasteiger partial charge in [-0.05, 0) is 18.2 Å². The predicted molar refractivity (Wildman–Crippen MR) is 63.3 cm³/mol. The number of hydrogen-bond acceptors (Lipinski definition) is 2. The molecule has 0 spiro atoms. The average molecular weight is 281 g/mol. The van der Waals surface area contributed by atoms with E-state index in [2.05, 4.69) is 5.32 Å². The molecule has 1 aromatic rings. The van der Waals surface area contributed by atoms with Crippen LogP contribution in [0.3, 0.4) is 0 Å². The molecule has 0 aliphatic carbocycles. The zero-order valence-electron chi connectivity index (χ0n) is 9.51. The summed E-state index contributed by atoms with van der Waals surface area (Å²) in [6, 6.07) is 2.74. The van der Waals surface area contributed by atoms with Crippen molar-refractivity contribution in [1.29, 1.82) is 0 Å². The molecule has 0 fully saturated rings. The molecule has 3 N–H and O–H groups in total. The van der Waals surface area contributed by atoms with Crippen LogP contribution in [0.4, 0.5) is 18.9 Å². The SMILES string of the molecule is CC(CN)C(=O)Nc1ccc(C(F)(F)F)cc1Cl. The highest BCUT2D eigenvalue weighted by molar-refractivity contribution is 6.33. The first kappa shape index (κ1) is 14.8. The standard InChI is InChI=1S/C11H12ClF3N2O/c1-6(5-16)10(18)17-9-3-2-7(4-8(9)12)11(13,14)15/h2-4,6H,5,16H2,1H3,(H,17,18). The molecule has 1 amide bonds. The number of rotatable bonds is 3. The van der Waals surface area contributed by atoms with E-state index in [1.807, 2.05) is 0 Å². The van der Waals surface area contributed by atoms with E-state index in [1.165, 1.54) is 0 Å². The van der Waals surface area contributed by atoms with Crippen molar-refractivity contribution in [1.82, 2.24) is 0 Å². The molecule has 1 atom stereocenters. The van der Waals surface area contributed by atoms with Gasteiger partial charge in [-0.25, -0.2) is 0 Å². The lowest BCUT2D eigenvalue weighted by atomic mass is 10.1. The summed E-state index contributed by atoms with van der Waals surface area (Å²) >= 11 is 5.68. The molecule has 3 nitrogen and oxygen atoms in total. The molecule has 100 valence electrons. The number of nitrogens with two attached hydrogens (primary N) is 1. The van der Waals surface area contributed by atoms with Gasteiger partial charge in [0.05, 0.1) is 16.3 Å². The highest BCUT2D eigenvalue weighted by Crippen LogP contribution is 2.33. The van der Waals surface area contributed by atoms with E-state index < -0.39 is 17.7 Å². The van der Waals surface area contributed by atoms with Crippen molar-refractivity contribution < 1.29 is 18.0 Å². The number of hydrogen-bond donors (Lipinski definition) is 2. The molecule has 1 rings (SSSR count). The van der Waals surface area contributed by atoms with Crippen molar-refractivity contribution in [2.24, 2.45) is 11.7 Å². The minimum atomic E-state index is -4.46. The van der Waals surface area contributed by atoms with E-state index in [0.29, 0.717) is 0 Å². The van der Waals surface area contributed by atoms with Crippen LogP contribution in [0.25, 0.3) is 0 Å². The van der Waals surface area contributed by atoms with Gasteiger partial charge in [-0.3, -0.25) is 4.79 Å². The predicted octanol–water partition coefficient (Wildman–Crippen LogP) is 2.89. The Hall–Kier alpha value is -1.27. The van der Waals surface area contributed by atoms with Gasteiger partial charge in [-0.15, -0.1) is 0 Å². The van der Waals surface area contributed by atoms with Crippen LogP contribution in [0, 0.1) is 5.92 Å². The molecule has 0 bridgehead atoms. The molecule has 18 heavy (non-hydrogen) atoms. The largest absolute Gasteiger partial charge is 0.416 e. The summed E-state index contributed by atoms with van der Waals surface area (Å²) in [5.41, 5.74) is 4.57. The molecule has 1 unspecified atom stereocenters. The Labute approximate surface area is 107 Å². The van der Waals surface area contributed by atoms with Crippen molar-refractivity contribution in [2.75, 3.05) is 11.9 Å². The Balaban J connectivity index is 2.90. The molecule has 0 heterocycles. The van der Waals surface area contributed by atoms with Crippen LogP contribution in [0.5, 0.6) is 0 Å². The third-order valence-electron chi connectivity index (χ3n) is 2.36. The monoisotopic (exact) mass is 280 g/mol. The minimum absolute atomic E-state index is 0.134. The van der Waals surface area contributed by atoms with Crippen molar-refractivity contribution in [2.45, 2.75) is 13.1 Å². The second kappa shape index (κ2) is 5.58. The highest BCUT2D eigenvalue weighted by Gasteiger charge is 2.31. The van der Waals surface area contributed by atoms with Crippen molar-refractivity contribution in [3.05, 3.63) is 28.8 Å². The van der Waals surface area contributed by atoms with Gasteiger partial charge >= 0.3 is 6.18 Å². The first-order valence-corrected chi connectivity index (χ1v) is 5.51. The molecule has 0 aliphatic rings. The summed E-state index contributed by atoms with van der Waals surface area (Å²) in [6.45, 7) is 1.75. The zero-order valence-corrected chi connectivity index (χ0v) is 10.3. The fraction of sp³-hybridized carbons (Fsp3) is 0.364. The van der Waals surface area contributed by atoms with Crippen LogP contribution >= 0.6 is 11.6 Å². The van der Waals surface area contributed by atoms with Gasteiger partial charge in [0.2, 0.25) is 5.91 Å². The summed E-state index contributed by atoms with van der Waals surface area (Å²) in [5.74, 6) is -0.831. The molecule has 0 radical (unpaired) electrons. The quantitative estimate of drug-likeness (QED) is 0.894. The van der Waals surface area contributed by atoms with E-state index in [4.69, 9.17) is 17.3 Å². The first-order chi connectivity index (χ1) is 8.25. The number of amides is 1. The number of anilines is 1. The number of nitrogens with one attached hydrogen (secondary N) is 1. The summed E-state index contributed by atoms with van der Waals surface area (Å²) < 4.78 is 37.1. The first-order valence-electron chi connectivity index (χ1n) is 5.13. The molecular formula is C11H12ClF3N2O. The van der Waals surface area contributed by atoms with Gasteiger partial charge in [0.25, 0.3) is 0 Å². The Morgan fingerprint density at radius 3 is 2.56 bits per heavy atom. The van der Waals surface area contributed by atoms with Crippen molar-refractivity contribution in [3.8, 4) is 0 Å². The van der Waals surface area contributed by atoms with Gasteiger partial charge in [0, 0.05) is 12.5 Å². The van der Waals surface area contributed by atoms with E-state index in [-0.39, 0.29) is 23.2 Å². The third-order valence-corrected chi connectivity index (χ3v) is 2.67. The van der Waals surface area contributed by atoms with Crippen LogP contribution in [-0.2, 0) is 11.0 Å². The Bertz CT molecular complexity index is 448. The summed E-state index contributed by atoms with van der Waals surface area (Å²) in [5, 5.41) is 2.26. The molecule has 0 aliphatic heterocycles. The average Bonchev–Trinajstić information content (AvgIpc) is 2.29. The smallest absolute Gasteiger partial charge is 0.330 e. The summed E-state index contributed by atoms with van der Waals surface area (Å²) in [6.07, 6.45) is -4.46. The van der Waals surface area contributed by atoms with Crippen LogP contribution in [0.1, 0.15) is 12.5 Å². The lowest BCUT2D eigenvalue weighted by Crippen LogP contribution is -2.26. The van der Waals surface area contributed by atoms with E-state index in [9.17, 15) is 18.0 Å². The fourth-order valence-electron chi connectivity index (χ4n) is 1.16. The van der Waals surface area contributed by atoms with Gasteiger partial charge in [-0.1, -0.05) is 18.5 Å². The normalized spacial score (nSPS) is 13.2. The maximum absolute atomic E-state index is 12.4. The lowest BCUT2D eigenvalue weighted by Gasteiger charge is -2.13. The van der Waals surface area contributed by atoms with Crippen LogP contribution in [0.2, 0.25) is 5.02 Å². The molecule has 0 aromatic heterocycles. The number of benzene rings is 1. The molecule has 7 heteroatoms. The summed E-state index contributed by atoms with van der Waals surface area (Å²) in [7, 11) is 0. The highest BCUT2D eigenvalue weighted by atomic mass is 35.5. The van der Waals surface area contributed by atoms with Crippen LogP contribution in [-0.4, -0.2) is 12.5 Å². The molecule has 0 saturated carbocycles. The zero-order chi connectivity index (χ0) is 13.9. The van der Waals surface area contributed by atoms with E-state index in [1.54, 1.807) is 6.92 Å². The van der Waals surface area contributed by atoms with E-state index >= 15 is 0 Å². The second-order valence-electron chi connectivity index (χ2n) is 3.82. The summed E-state index contributed by atoms with van der Waals surface area (Å²) in [4.78, 5) is 11.5. The number of alkyl halides is 3. The van der Waals surface area contributed by atoms with Gasteiger partial charge in [-0.2, -0.15) is 13.2 Å². The number of halogens is 4. The van der Waals surface area contributed by atoms with Gasteiger partial charge in [0.15, 0.2) is 0 Å². The topological polar surface area (TPSA) is 55.1 Å².